The van der Waals surface area contributed by atoms with E-state index < -0.39 is 11.5 Å². The SMILES string of the molecule is COC(=O)c1nn(C(c2ccccc2)(c2ccccc2)c2ccccc2)cc1I. The average Bonchev–Trinajstić information content (AvgIpc) is 3.18. The maximum absolute atomic E-state index is 12.3. The van der Waals surface area contributed by atoms with Crippen LogP contribution in [-0.4, -0.2) is 22.9 Å². The lowest BCUT2D eigenvalue weighted by molar-refractivity contribution is 0.0591. The minimum Gasteiger partial charge on any atom is -0.464 e. The molecule has 0 aliphatic heterocycles. The Kier molecular flexibility index (Phi) is 5.49. The van der Waals surface area contributed by atoms with Gasteiger partial charge in [-0.3, -0.25) is 4.68 Å². The molecule has 0 spiro atoms. The Morgan fingerprint density at radius 2 is 1.24 bits per heavy atom. The van der Waals surface area contributed by atoms with Crippen LogP contribution < -0.4 is 0 Å². The summed E-state index contributed by atoms with van der Waals surface area (Å²) >= 11 is 2.13. The molecule has 0 unspecified atom stereocenters. The quantitative estimate of drug-likeness (QED) is 0.220. The second kappa shape index (κ2) is 8.21. The van der Waals surface area contributed by atoms with E-state index in [1.807, 2.05) is 65.5 Å². The number of esters is 1. The predicted octanol–water partition coefficient (Wildman–Crippen LogP) is 5.11. The molecule has 0 fully saturated rings. The van der Waals surface area contributed by atoms with Gasteiger partial charge in [0.05, 0.1) is 10.7 Å². The molecule has 0 N–H and O–H groups in total. The molecular weight excluding hydrogens is 475 g/mol. The molecule has 1 aromatic heterocycles. The number of carbonyl (C=O) groups is 1. The molecule has 29 heavy (non-hydrogen) atoms. The van der Waals surface area contributed by atoms with Gasteiger partial charge in [0.1, 0.15) is 5.54 Å². The predicted molar refractivity (Wildman–Crippen MR) is 121 cm³/mol. The summed E-state index contributed by atoms with van der Waals surface area (Å²) in [5.41, 5.74) is 2.71. The monoisotopic (exact) mass is 494 g/mol. The van der Waals surface area contributed by atoms with Gasteiger partial charge in [0, 0.05) is 6.20 Å². The molecule has 0 saturated heterocycles. The third kappa shape index (κ3) is 3.35. The highest BCUT2D eigenvalue weighted by molar-refractivity contribution is 14.1. The number of halogens is 1. The van der Waals surface area contributed by atoms with Crippen LogP contribution in [0.5, 0.6) is 0 Å². The normalized spacial score (nSPS) is 11.2. The summed E-state index contributed by atoms with van der Waals surface area (Å²) in [5, 5.41) is 4.72. The summed E-state index contributed by atoms with van der Waals surface area (Å²) in [6.45, 7) is 0. The van der Waals surface area contributed by atoms with Crippen LogP contribution in [-0.2, 0) is 10.3 Å². The van der Waals surface area contributed by atoms with Gasteiger partial charge in [0.15, 0.2) is 5.69 Å². The van der Waals surface area contributed by atoms with E-state index in [-0.39, 0.29) is 0 Å². The zero-order valence-corrected chi connectivity index (χ0v) is 18.0. The Balaban J connectivity index is 2.11. The van der Waals surface area contributed by atoms with E-state index in [1.54, 1.807) is 0 Å². The largest absolute Gasteiger partial charge is 0.464 e. The van der Waals surface area contributed by atoms with Gasteiger partial charge in [-0.25, -0.2) is 4.79 Å². The summed E-state index contributed by atoms with van der Waals surface area (Å²) in [6.07, 6.45) is 1.90. The molecule has 144 valence electrons. The standard InChI is InChI=1S/C24H19IN2O2/c1-29-23(28)22-21(25)17-27(26-22)24(18-11-5-2-6-12-18,19-13-7-3-8-14-19)20-15-9-4-10-16-20/h2-17H,1H3. The van der Waals surface area contributed by atoms with E-state index in [1.165, 1.54) is 7.11 Å². The van der Waals surface area contributed by atoms with Crippen molar-refractivity contribution in [2.45, 2.75) is 5.54 Å². The van der Waals surface area contributed by atoms with Crippen molar-refractivity contribution >= 4 is 28.6 Å². The fourth-order valence-corrected chi connectivity index (χ4v) is 4.29. The first-order valence-electron chi connectivity index (χ1n) is 9.18. The minimum absolute atomic E-state index is 0.306. The van der Waals surface area contributed by atoms with Gasteiger partial charge in [0.25, 0.3) is 0 Å². The van der Waals surface area contributed by atoms with Crippen LogP contribution in [0, 0.1) is 3.57 Å². The molecule has 0 atom stereocenters. The fraction of sp³-hybridized carbons (Fsp3) is 0.0833. The Labute approximate surface area is 183 Å². The van der Waals surface area contributed by atoms with Gasteiger partial charge in [0.2, 0.25) is 0 Å². The number of aromatic nitrogens is 2. The molecule has 4 rings (SSSR count). The number of methoxy groups -OCH3 is 1. The fourth-order valence-electron chi connectivity index (χ4n) is 3.69. The van der Waals surface area contributed by atoms with Crippen molar-refractivity contribution in [1.82, 2.24) is 9.78 Å². The zero-order valence-electron chi connectivity index (χ0n) is 15.8. The molecule has 4 aromatic rings. The van der Waals surface area contributed by atoms with Gasteiger partial charge in [-0.15, -0.1) is 0 Å². The second-order valence-corrected chi connectivity index (χ2v) is 7.73. The minimum atomic E-state index is -0.740. The molecule has 1 heterocycles. The Hall–Kier alpha value is -2.93. The van der Waals surface area contributed by atoms with Crippen LogP contribution in [0.2, 0.25) is 0 Å². The number of nitrogens with zero attached hydrogens (tertiary/aromatic N) is 2. The van der Waals surface area contributed by atoms with E-state index in [2.05, 4.69) is 59.0 Å². The first-order chi connectivity index (χ1) is 14.2. The summed E-state index contributed by atoms with van der Waals surface area (Å²) in [4.78, 5) is 12.3. The average molecular weight is 494 g/mol. The smallest absolute Gasteiger partial charge is 0.359 e. The third-order valence-corrected chi connectivity index (χ3v) is 5.76. The molecular formula is C24H19IN2O2. The highest BCUT2D eigenvalue weighted by Crippen LogP contribution is 2.40. The van der Waals surface area contributed by atoms with Gasteiger partial charge in [-0.2, -0.15) is 5.10 Å². The van der Waals surface area contributed by atoms with Crippen LogP contribution in [0.15, 0.2) is 97.2 Å². The highest BCUT2D eigenvalue weighted by atomic mass is 127. The number of ether oxygens (including phenoxy) is 1. The zero-order chi connectivity index (χ0) is 20.3. The van der Waals surface area contributed by atoms with Crippen molar-refractivity contribution in [2.24, 2.45) is 0 Å². The molecule has 3 aromatic carbocycles. The second-order valence-electron chi connectivity index (χ2n) is 6.57. The number of hydrogen-bond acceptors (Lipinski definition) is 3. The lowest BCUT2D eigenvalue weighted by Crippen LogP contribution is -2.38. The molecule has 0 aliphatic rings. The summed E-state index contributed by atoms with van der Waals surface area (Å²) in [7, 11) is 1.37. The third-order valence-electron chi connectivity index (χ3n) is 4.97. The first kappa shape index (κ1) is 19.4. The summed E-state index contributed by atoms with van der Waals surface area (Å²) < 4.78 is 7.55. The van der Waals surface area contributed by atoms with Crippen LogP contribution in [0.1, 0.15) is 27.2 Å². The summed E-state index contributed by atoms with van der Waals surface area (Å²) in [5.74, 6) is -0.448. The molecule has 0 radical (unpaired) electrons. The van der Waals surface area contributed by atoms with E-state index in [9.17, 15) is 4.79 Å². The molecule has 0 amide bonds. The first-order valence-corrected chi connectivity index (χ1v) is 10.3. The molecule has 0 aliphatic carbocycles. The van der Waals surface area contributed by atoms with Crippen molar-refractivity contribution in [3.05, 3.63) is 123 Å². The van der Waals surface area contributed by atoms with Gasteiger partial charge < -0.3 is 4.74 Å². The lowest BCUT2D eigenvalue weighted by Gasteiger charge is -2.36. The lowest BCUT2D eigenvalue weighted by atomic mass is 9.77. The van der Waals surface area contributed by atoms with Crippen molar-refractivity contribution in [3.63, 3.8) is 0 Å². The van der Waals surface area contributed by atoms with Crippen molar-refractivity contribution in [1.29, 1.82) is 0 Å². The topological polar surface area (TPSA) is 44.1 Å². The number of rotatable bonds is 5. The maximum atomic E-state index is 12.3. The van der Waals surface area contributed by atoms with E-state index in [0.717, 1.165) is 20.3 Å². The van der Waals surface area contributed by atoms with Crippen molar-refractivity contribution in [2.75, 3.05) is 7.11 Å². The number of carbonyl (C=O) groups excluding carboxylic acids is 1. The van der Waals surface area contributed by atoms with Crippen LogP contribution in [0.3, 0.4) is 0 Å². The Bertz CT molecular complexity index is 1010. The molecule has 5 heteroatoms. The van der Waals surface area contributed by atoms with E-state index in [0.29, 0.717) is 5.69 Å². The van der Waals surface area contributed by atoms with E-state index >= 15 is 0 Å². The van der Waals surface area contributed by atoms with Gasteiger partial charge in [-0.05, 0) is 39.3 Å². The van der Waals surface area contributed by atoms with Gasteiger partial charge in [-0.1, -0.05) is 91.0 Å². The highest BCUT2D eigenvalue weighted by Gasteiger charge is 2.40. The maximum Gasteiger partial charge on any atom is 0.359 e. The van der Waals surface area contributed by atoms with Crippen LogP contribution >= 0.6 is 22.6 Å². The van der Waals surface area contributed by atoms with Crippen molar-refractivity contribution < 1.29 is 9.53 Å². The van der Waals surface area contributed by atoms with Gasteiger partial charge >= 0.3 is 5.97 Å². The van der Waals surface area contributed by atoms with Crippen LogP contribution in [0.4, 0.5) is 0 Å². The number of hydrogen-bond donors (Lipinski definition) is 0. The van der Waals surface area contributed by atoms with Crippen LogP contribution in [0.25, 0.3) is 0 Å². The Morgan fingerprint density at radius 1 is 0.828 bits per heavy atom. The van der Waals surface area contributed by atoms with E-state index in [4.69, 9.17) is 9.84 Å². The summed E-state index contributed by atoms with van der Waals surface area (Å²) in [6, 6.07) is 30.6. The van der Waals surface area contributed by atoms with Crippen molar-refractivity contribution in [3.8, 4) is 0 Å². The molecule has 0 saturated carbocycles. The Morgan fingerprint density at radius 3 is 1.62 bits per heavy atom. The number of benzene rings is 3. The molecule has 0 bridgehead atoms. The molecule has 4 nitrogen and oxygen atoms in total.